The monoisotopic (exact) mass is 393 g/mol. The van der Waals surface area contributed by atoms with Gasteiger partial charge in [-0.3, -0.25) is 4.79 Å². The summed E-state index contributed by atoms with van der Waals surface area (Å²) >= 11 is 6.46. The molecule has 2 aromatic rings. The van der Waals surface area contributed by atoms with Crippen LogP contribution in [-0.4, -0.2) is 25.6 Å². The van der Waals surface area contributed by atoms with Crippen LogP contribution in [0.2, 0.25) is 0 Å². The Bertz CT molecular complexity index is 856. The van der Waals surface area contributed by atoms with Crippen molar-refractivity contribution in [2.45, 2.75) is 44.0 Å². The maximum absolute atomic E-state index is 12.8. The second kappa shape index (κ2) is 7.91. The van der Waals surface area contributed by atoms with Crippen molar-refractivity contribution in [2.75, 3.05) is 0 Å². The number of sulfonamides is 1. The van der Waals surface area contributed by atoms with Crippen molar-refractivity contribution in [1.29, 1.82) is 0 Å². The van der Waals surface area contributed by atoms with Gasteiger partial charge in [-0.25, -0.2) is 13.1 Å². The van der Waals surface area contributed by atoms with E-state index in [1.165, 1.54) is 0 Å². The van der Waals surface area contributed by atoms with Crippen LogP contribution in [-0.2, 0) is 10.0 Å². The number of aryl methyl sites for hydroxylation is 1. The summed E-state index contributed by atoms with van der Waals surface area (Å²) in [7, 11) is -3.81. The minimum atomic E-state index is -3.81. The summed E-state index contributed by atoms with van der Waals surface area (Å²) < 4.78 is 28.2. The van der Waals surface area contributed by atoms with Crippen LogP contribution in [0.1, 0.15) is 36.7 Å². The molecule has 2 aromatic carbocycles. The van der Waals surface area contributed by atoms with Crippen molar-refractivity contribution >= 4 is 27.4 Å². The first-order valence-corrected chi connectivity index (χ1v) is 10.3. The molecule has 0 bridgehead atoms. The van der Waals surface area contributed by atoms with E-state index in [4.69, 9.17) is 11.6 Å². The lowest BCUT2D eigenvalue weighted by atomic mass is 9.83. The summed E-state index contributed by atoms with van der Waals surface area (Å²) in [5.74, 6) is -0.307. The SMILES string of the molecule is Cc1ccc(S(=O)(=O)N[C@@H]([C@@H](Cl)C(=O)c2ccccc2)C(C)(C)C)cc1. The van der Waals surface area contributed by atoms with Crippen molar-refractivity contribution in [3.05, 3.63) is 65.7 Å². The van der Waals surface area contributed by atoms with E-state index < -0.39 is 26.9 Å². The quantitative estimate of drug-likeness (QED) is 0.591. The molecule has 0 aromatic heterocycles. The lowest BCUT2D eigenvalue weighted by molar-refractivity contribution is 0.0954. The van der Waals surface area contributed by atoms with Gasteiger partial charge in [0, 0.05) is 5.56 Å². The summed E-state index contributed by atoms with van der Waals surface area (Å²) in [5.41, 5.74) is 0.858. The standard InChI is InChI=1S/C20H24ClNO3S/c1-14-10-12-16(13-11-14)26(24,25)22-19(20(2,3)4)17(21)18(23)15-8-6-5-7-9-15/h5-13,17,19,22H,1-4H3/t17-,19-/m0/s1. The highest BCUT2D eigenvalue weighted by atomic mass is 35.5. The Kier molecular flexibility index (Phi) is 6.27. The second-order valence-electron chi connectivity index (χ2n) is 7.41. The molecule has 4 nitrogen and oxygen atoms in total. The van der Waals surface area contributed by atoms with Crippen molar-refractivity contribution < 1.29 is 13.2 Å². The summed E-state index contributed by atoms with van der Waals surface area (Å²) in [6, 6.07) is 14.4. The van der Waals surface area contributed by atoms with Crippen LogP contribution >= 0.6 is 11.6 Å². The predicted octanol–water partition coefficient (Wildman–Crippen LogP) is 4.18. The zero-order chi connectivity index (χ0) is 19.5. The highest BCUT2D eigenvalue weighted by Gasteiger charge is 2.38. The van der Waals surface area contributed by atoms with E-state index in [0.717, 1.165) is 5.56 Å². The van der Waals surface area contributed by atoms with E-state index in [1.807, 2.05) is 27.7 Å². The molecule has 140 valence electrons. The Morgan fingerprint density at radius 2 is 1.54 bits per heavy atom. The molecule has 0 saturated carbocycles. The molecular weight excluding hydrogens is 370 g/mol. The van der Waals surface area contributed by atoms with Gasteiger partial charge in [-0.05, 0) is 24.5 Å². The van der Waals surface area contributed by atoms with Gasteiger partial charge in [-0.2, -0.15) is 0 Å². The summed E-state index contributed by atoms with van der Waals surface area (Å²) in [5, 5.41) is -1.03. The molecule has 26 heavy (non-hydrogen) atoms. The van der Waals surface area contributed by atoms with E-state index in [1.54, 1.807) is 54.6 Å². The van der Waals surface area contributed by atoms with Crippen LogP contribution in [0.15, 0.2) is 59.5 Å². The van der Waals surface area contributed by atoms with Gasteiger partial charge in [-0.15, -0.1) is 11.6 Å². The molecule has 0 radical (unpaired) electrons. The van der Waals surface area contributed by atoms with Crippen LogP contribution in [0.25, 0.3) is 0 Å². The lowest BCUT2D eigenvalue weighted by Gasteiger charge is -2.34. The Labute approximate surface area is 160 Å². The van der Waals surface area contributed by atoms with E-state index in [9.17, 15) is 13.2 Å². The smallest absolute Gasteiger partial charge is 0.240 e. The van der Waals surface area contributed by atoms with Crippen molar-refractivity contribution in [3.63, 3.8) is 0 Å². The molecule has 2 atom stereocenters. The van der Waals surface area contributed by atoms with Gasteiger partial charge in [0.15, 0.2) is 5.78 Å². The molecule has 0 saturated heterocycles. The molecule has 0 aliphatic rings. The third-order valence-corrected chi connectivity index (χ3v) is 6.06. The highest BCUT2D eigenvalue weighted by Crippen LogP contribution is 2.28. The number of alkyl halides is 1. The molecule has 0 aliphatic carbocycles. The van der Waals surface area contributed by atoms with E-state index in [-0.39, 0.29) is 10.7 Å². The molecule has 2 rings (SSSR count). The van der Waals surface area contributed by atoms with Gasteiger partial charge >= 0.3 is 0 Å². The molecule has 0 heterocycles. The Morgan fingerprint density at radius 1 is 1.00 bits per heavy atom. The van der Waals surface area contributed by atoms with Crippen LogP contribution < -0.4 is 4.72 Å². The maximum atomic E-state index is 12.8. The molecular formula is C20H24ClNO3S. The number of carbonyl (C=O) groups is 1. The van der Waals surface area contributed by atoms with E-state index >= 15 is 0 Å². The summed E-state index contributed by atoms with van der Waals surface area (Å²) in [6.45, 7) is 7.43. The number of carbonyl (C=O) groups excluding carboxylic acids is 1. The number of halogens is 1. The number of hydrogen-bond acceptors (Lipinski definition) is 3. The zero-order valence-corrected chi connectivity index (χ0v) is 16.9. The largest absolute Gasteiger partial charge is 0.292 e. The Hall–Kier alpha value is -1.69. The molecule has 0 fully saturated rings. The molecule has 0 aliphatic heterocycles. The third-order valence-electron chi connectivity index (χ3n) is 4.15. The fourth-order valence-electron chi connectivity index (χ4n) is 2.54. The van der Waals surface area contributed by atoms with E-state index in [2.05, 4.69) is 4.72 Å². The summed E-state index contributed by atoms with van der Waals surface area (Å²) in [6.07, 6.45) is 0. The number of benzene rings is 2. The Balaban J connectivity index is 2.33. The first-order chi connectivity index (χ1) is 12.0. The number of Topliss-reactive ketones (excluding diaryl/α,β-unsaturated/α-hetero) is 1. The van der Waals surface area contributed by atoms with Crippen molar-refractivity contribution in [1.82, 2.24) is 4.72 Å². The average Bonchev–Trinajstić information content (AvgIpc) is 2.59. The topological polar surface area (TPSA) is 63.2 Å². The average molecular weight is 394 g/mol. The van der Waals surface area contributed by atoms with Crippen molar-refractivity contribution in [3.8, 4) is 0 Å². The number of hydrogen-bond donors (Lipinski definition) is 1. The zero-order valence-electron chi connectivity index (χ0n) is 15.4. The molecule has 0 amide bonds. The number of rotatable bonds is 6. The van der Waals surface area contributed by atoms with Gasteiger partial charge in [0.1, 0.15) is 5.38 Å². The molecule has 0 unspecified atom stereocenters. The molecule has 0 spiro atoms. The highest BCUT2D eigenvalue weighted by molar-refractivity contribution is 7.89. The lowest BCUT2D eigenvalue weighted by Crippen LogP contribution is -2.51. The van der Waals surface area contributed by atoms with Gasteiger partial charge in [0.05, 0.1) is 10.9 Å². The van der Waals surface area contributed by atoms with Crippen LogP contribution in [0, 0.1) is 12.3 Å². The van der Waals surface area contributed by atoms with Crippen LogP contribution in [0.5, 0.6) is 0 Å². The van der Waals surface area contributed by atoms with Gasteiger partial charge in [0.2, 0.25) is 10.0 Å². The fraction of sp³-hybridized carbons (Fsp3) is 0.350. The van der Waals surface area contributed by atoms with E-state index in [0.29, 0.717) is 5.56 Å². The maximum Gasteiger partial charge on any atom is 0.240 e. The van der Waals surface area contributed by atoms with Crippen molar-refractivity contribution in [2.24, 2.45) is 5.41 Å². The normalized spacial score (nSPS) is 14.7. The summed E-state index contributed by atoms with van der Waals surface area (Å²) in [4.78, 5) is 12.9. The third kappa shape index (κ3) is 4.93. The van der Waals surface area contributed by atoms with Gasteiger partial charge in [0.25, 0.3) is 0 Å². The molecule has 1 N–H and O–H groups in total. The number of ketones is 1. The van der Waals surface area contributed by atoms with Crippen LogP contribution in [0.3, 0.4) is 0 Å². The predicted molar refractivity (Wildman–Crippen MR) is 105 cm³/mol. The van der Waals surface area contributed by atoms with Gasteiger partial charge < -0.3 is 0 Å². The molecule has 6 heteroatoms. The second-order valence-corrected chi connectivity index (χ2v) is 9.59. The minimum Gasteiger partial charge on any atom is -0.292 e. The van der Waals surface area contributed by atoms with Crippen LogP contribution in [0.4, 0.5) is 0 Å². The fourth-order valence-corrected chi connectivity index (χ4v) is 4.64. The first-order valence-electron chi connectivity index (χ1n) is 8.35. The number of nitrogens with one attached hydrogen (secondary N) is 1. The minimum absolute atomic E-state index is 0.147. The van der Waals surface area contributed by atoms with Gasteiger partial charge in [-0.1, -0.05) is 68.8 Å². The first kappa shape index (κ1) is 20.6. The Morgan fingerprint density at radius 3 is 2.04 bits per heavy atom.